The smallest absolute Gasteiger partial charge is 0.205 e. The highest BCUT2D eigenvalue weighted by atomic mass is 15.3. The van der Waals surface area contributed by atoms with Crippen LogP contribution >= 0.6 is 0 Å². The third-order valence-corrected chi connectivity index (χ3v) is 2.42. The molecule has 0 aliphatic heterocycles. The summed E-state index contributed by atoms with van der Waals surface area (Å²) in [6.45, 7) is 5.33. The van der Waals surface area contributed by atoms with Crippen molar-refractivity contribution in [2.75, 3.05) is 32.1 Å². The largest absolute Gasteiger partial charge is 0.345 e. The van der Waals surface area contributed by atoms with Gasteiger partial charge in [-0.3, -0.25) is 0 Å². The number of rotatable bonds is 7. The minimum Gasteiger partial charge on any atom is -0.345 e. The molecular weight excluding hydrogens is 188 g/mol. The summed E-state index contributed by atoms with van der Waals surface area (Å²) in [5.41, 5.74) is 0. The Balaban J connectivity index is 2.48. The fraction of sp³-hybridized carbons (Fsp3) is 0.727. The SMILES string of the molecule is CCCn1ccnc1N(C)CCCNC. The summed E-state index contributed by atoms with van der Waals surface area (Å²) >= 11 is 0. The third kappa shape index (κ3) is 3.55. The third-order valence-electron chi connectivity index (χ3n) is 2.42. The fourth-order valence-corrected chi connectivity index (χ4v) is 1.65. The molecule has 0 amide bonds. The zero-order valence-corrected chi connectivity index (χ0v) is 10.0. The van der Waals surface area contributed by atoms with Crippen LogP contribution in [0, 0.1) is 0 Å². The van der Waals surface area contributed by atoms with Gasteiger partial charge >= 0.3 is 0 Å². The Labute approximate surface area is 92.3 Å². The Bertz CT molecular complexity index is 269. The van der Waals surface area contributed by atoms with Gasteiger partial charge in [-0.1, -0.05) is 6.92 Å². The second kappa shape index (κ2) is 6.45. The Kier molecular flexibility index (Phi) is 5.18. The van der Waals surface area contributed by atoms with Crippen LogP contribution in [0.1, 0.15) is 19.8 Å². The molecule has 0 bridgehead atoms. The maximum atomic E-state index is 4.38. The van der Waals surface area contributed by atoms with E-state index in [4.69, 9.17) is 0 Å². The summed E-state index contributed by atoms with van der Waals surface area (Å²) in [7, 11) is 4.09. The fourth-order valence-electron chi connectivity index (χ4n) is 1.65. The van der Waals surface area contributed by atoms with Gasteiger partial charge in [0.1, 0.15) is 0 Å². The first-order valence-electron chi connectivity index (χ1n) is 5.66. The highest BCUT2D eigenvalue weighted by molar-refractivity contribution is 5.29. The first-order valence-corrected chi connectivity index (χ1v) is 5.66. The normalized spacial score (nSPS) is 10.6. The molecule has 0 saturated carbocycles. The molecule has 86 valence electrons. The number of aromatic nitrogens is 2. The molecule has 0 atom stereocenters. The van der Waals surface area contributed by atoms with E-state index in [0.29, 0.717) is 0 Å². The average molecular weight is 210 g/mol. The lowest BCUT2D eigenvalue weighted by molar-refractivity contribution is 0.647. The van der Waals surface area contributed by atoms with E-state index < -0.39 is 0 Å². The minimum absolute atomic E-state index is 1.04. The Hall–Kier alpha value is -1.03. The van der Waals surface area contributed by atoms with Gasteiger partial charge in [-0.2, -0.15) is 0 Å². The number of imidazole rings is 1. The number of hydrogen-bond donors (Lipinski definition) is 1. The van der Waals surface area contributed by atoms with Crippen molar-refractivity contribution in [2.24, 2.45) is 0 Å². The molecule has 0 unspecified atom stereocenters. The molecule has 0 fully saturated rings. The summed E-state index contributed by atoms with van der Waals surface area (Å²) in [5.74, 6) is 1.08. The van der Waals surface area contributed by atoms with Gasteiger partial charge in [0.25, 0.3) is 0 Å². The van der Waals surface area contributed by atoms with E-state index in [1.165, 1.54) is 0 Å². The molecule has 0 radical (unpaired) electrons. The molecule has 0 aliphatic carbocycles. The van der Waals surface area contributed by atoms with E-state index in [-0.39, 0.29) is 0 Å². The van der Waals surface area contributed by atoms with Gasteiger partial charge in [-0.25, -0.2) is 4.98 Å². The second-order valence-electron chi connectivity index (χ2n) is 3.80. The molecule has 1 aromatic heterocycles. The predicted octanol–water partition coefficient (Wildman–Crippen LogP) is 1.34. The molecule has 0 aliphatic rings. The van der Waals surface area contributed by atoms with Gasteiger partial charge in [-0.05, 0) is 26.4 Å². The van der Waals surface area contributed by atoms with Gasteiger partial charge in [0, 0.05) is 32.5 Å². The van der Waals surface area contributed by atoms with Crippen molar-refractivity contribution in [2.45, 2.75) is 26.3 Å². The molecule has 0 spiro atoms. The quantitative estimate of drug-likeness (QED) is 0.689. The summed E-state index contributed by atoms with van der Waals surface area (Å²) in [5, 5.41) is 3.15. The molecule has 0 saturated heterocycles. The van der Waals surface area contributed by atoms with Gasteiger partial charge in [-0.15, -0.1) is 0 Å². The van der Waals surface area contributed by atoms with Crippen LogP contribution in [0.4, 0.5) is 5.95 Å². The predicted molar refractivity (Wildman–Crippen MR) is 64.3 cm³/mol. The van der Waals surface area contributed by atoms with Gasteiger partial charge < -0.3 is 14.8 Å². The van der Waals surface area contributed by atoms with Crippen LogP contribution in [-0.4, -0.2) is 36.7 Å². The van der Waals surface area contributed by atoms with Crippen molar-refractivity contribution in [3.8, 4) is 0 Å². The standard InChI is InChI=1S/C11H22N4/c1-4-8-15-10-7-13-11(15)14(3)9-5-6-12-2/h7,10,12H,4-6,8-9H2,1-3H3. The maximum absolute atomic E-state index is 4.38. The lowest BCUT2D eigenvalue weighted by Gasteiger charge is -2.19. The monoisotopic (exact) mass is 210 g/mol. The van der Waals surface area contributed by atoms with Crippen LogP contribution < -0.4 is 10.2 Å². The van der Waals surface area contributed by atoms with Crippen LogP contribution in [0.15, 0.2) is 12.4 Å². The van der Waals surface area contributed by atoms with Crippen LogP contribution in [0.25, 0.3) is 0 Å². The van der Waals surface area contributed by atoms with Crippen molar-refractivity contribution in [3.05, 3.63) is 12.4 Å². The molecule has 1 rings (SSSR count). The number of anilines is 1. The van der Waals surface area contributed by atoms with Gasteiger partial charge in [0.2, 0.25) is 5.95 Å². The summed E-state index contributed by atoms with van der Waals surface area (Å²) in [6.07, 6.45) is 6.21. The van der Waals surface area contributed by atoms with Crippen LogP contribution in [-0.2, 0) is 6.54 Å². The zero-order chi connectivity index (χ0) is 11.1. The van der Waals surface area contributed by atoms with E-state index in [2.05, 4.69) is 33.7 Å². The number of aryl methyl sites for hydroxylation is 1. The molecule has 4 heteroatoms. The topological polar surface area (TPSA) is 33.1 Å². The van der Waals surface area contributed by atoms with E-state index in [9.17, 15) is 0 Å². The van der Waals surface area contributed by atoms with E-state index in [1.54, 1.807) is 0 Å². The summed E-state index contributed by atoms with van der Waals surface area (Å²) in [6, 6.07) is 0. The second-order valence-corrected chi connectivity index (χ2v) is 3.80. The average Bonchev–Trinajstić information content (AvgIpc) is 2.67. The number of hydrogen-bond acceptors (Lipinski definition) is 3. The van der Waals surface area contributed by atoms with Crippen molar-refractivity contribution < 1.29 is 0 Å². The van der Waals surface area contributed by atoms with Crippen LogP contribution in [0.5, 0.6) is 0 Å². The van der Waals surface area contributed by atoms with Crippen molar-refractivity contribution in [3.63, 3.8) is 0 Å². The van der Waals surface area contributed by atoms with Crippen molar-refractivity contribution >= 4 is 5.95 Å². The molecule has 4 nitrogen and oxygen atoms in total. The summed E-state index contributed by atoms with van der Waals surface area (Å²) < 4.78 is 2.21. The van der Waals surface area contributed by atoms with Crippen molar-refractivity contribution in [1.29, 1.82) is 0 Å². The first kappa shape index (κ1) is 12.0. The highest BCUT2D eigenvalue weighted by Gasteiger charge is 2.06. The molecule has 1 heterocycles. The van der Waals surface area contributed by atoms with Crippen LogP contribution in [0.2, 0.25) is 0 Å². The van der Waals surface area contributed by atoms with Crippen molar-refractivity contribution in [1.82, 2.24) is 14.9 Å². The Morgan fingerprint density at radius 2 is 2.33 bits per heavy atom. The Morgan fingerprint density at radius 3 is 3.00 bits per heavy atom. The Morgan fingerprint density at radius 1 is 1.53 bits per heavy atom. The van der Waals surface area contributed by atoms with Crippen LogP contribution in [0.3, 0.4) is 0 Å². The number of nitrogens with one attached hydrogen (secondary N) is 1. The molecular formula is C11H22N4. The van der Waals surface area contributed by atoms with E-state index in [1.807, 2.05) is 19.4 Å². The zero-order valence-electron chi connectivity index (χ0n) is 10.0. The van der Waals surface area contributed by atoms with Gasteiger partial charge in [0.05, 0.1) is 0 Å². The van der Waals surface area contributed by atoms with Gasteiger partial charge in [0.15, 0.2) is 0 Å². The molecule has 0 aromatic carbocycles. The highest BCUT2D eigenvalue weighted by Crippen LogP contribution is 2.10. The maximum Gasteiger partial charge on any atom is 0.205 e. The van der Waals surface area contributed by atoms with E-state index >= 15 is 0 Å². The first-order chi connectivity index (χ1) is 7.29. The molecule has 15 heavy (non-hydrogen) atoms. The lowest BCUT2D eigenvalue weighted by Crippen LogP contribution is -2.25. The molecule has 1 N–H and O–H groups in total. The lowest BCUT2D eigenvalue weighted by atomic mass is 10.4. The molecule has 1 aromatic rings. The number of nitrogens with zero attached hydrogens (tertiary/aromatic N) is 3. The minimum atomic E-state index is 1.04. The summed E-state index contributed by atoms with van der Waals surface area (Å²) in [4.78, 5) is 6.60. The van der Waals surface area contributed by atoms with E-state index in [0.717, 1.165) is 38.4 Å².